The highest BCUT2D eigenvalue weighted by atomic mass is 32.2. The van der Waals surface area contributed by atoms with Gasteiger partial charge in [0.15, 0.2) is 5.82 Å². The molecule has 0 aliphatic carbocycles. The van der Waals surface area contributed by atoms with Crippen LogP contribution in [0.2, 0.25) is 0 Å². The molecule has 0 fully saturated rings. The predicted molar refractivity (Wildman–Crippen MR) is 90.9 cm³/mol. The number of aromatic nitrogens is 6. The van der Waals surface area contributed by atoms with Gasteiger partial charge < -0.3 is 5.84 Å². The molecule has 0 aliphatic rings. The lowest BCUT2D eigenvalue weighted by Gasteiger charge is -2.16. The molecule has 23 heavy (non-hydrogen) atoms. The Morgan fingerprint density at radius 3 is 2.57 bits per heavy atom. The van der Waals surface area contributed by atoms with E-state index in [2.05, 4.69) is 40.9 Å². The van der Waals surface area contributed by atoms with Crippen molar-refractivity contribution in [3.8, 4) is 0 Å². The Morgan fingerprint density at radius 1 is 1.17 bits per heavy atom. The number of nitrogen functional groups attached to an aromatic ring is 1. The number of hydrogen-bond acceptors (Lipinski definition) is 6. The zero-order valence-corrected chi connectivity index (χ0v) is 14.8. The molecule has 2 N–H and O–H groups in total. The first-order valence-corrected chi connectivity index (χ1v) is 8.40. The molecule has 0 saturated carbocycles. The number of thioether (sulfide) groups is 1. The zero-order chi connectivity index (χ0) is 16.8. The smallest absolute Gasteiger partial charge is 0.234 e. The predicted octanol–water partition coefficient (Wildman–Crippen LogP) is 2.24. The van der Waals surface area contributed by atoms with Gasteiger partial charge in [-0.1, -0.05) is 32.5 Å². The molecule has 0 bridgehead atoms. The van der Waals surface area contributed by atoms with Gasteiger partial charge in [0.05, 0.1) is 5.69 Å². The summed E-state index contributed by atoms with van der Waals surface area (Å²) in [6, 6.07) is 2.04. The van der Waals surface area contributed by atoms with Gasteiger partial charge in [0.25, 0.3) is 0 Å². The first kappa shape index (κ1) is 15.8. The standard InChI is InChI=1S/C15H21N7S/c1-9-6-10(2)21-7-11(18-13(21)17-9)8-23-14-20-19-12(22(14)16)15(3,4)5/h6-7H,8,16H2,1-5H3. The Hall–Kier alpha value is -2.09. The van der Waals surface area contributed by atoms with Crippen molar-refractivity contribution >= 4 is 17.5 Å². The van der Waals surface area contributed by atoms with Gasteiger partial charge >= 0.3 is 0 Å². The summed E-state index contributed by atoms with van der Waals surface area (Å²) in [5, 5.41) is 9.07. The lowest BCUT2D eigenvalue weighted by atomic mass is 9.96. The van der Waals surface area contributed by atoms with Crippen LogP contribution in [0.15, 0.2) is 17.4 Å². The average Bonchev–Trinajstić information content (AvgIpc) is 2.99. The van der Waals surface area contributed by atoms with Crippen molar-refractivity contribution in [3.63, 3.8) is 0 Å². The van der Waals surface area contributed by atoms with Gasteiger partial charge in [-0.05, 0) is 19.9 Å². The molecule has 0 unspecified atom stereocenters. The van der Waals surface area contributed by atoms with E-state index in [9.17, 15) is 0 Å². The zero-order valence-electron chi connectivity index (χ0n) is 14.0. The van der Waals surface area contributed by atoms with Crippen LogP contribution >= 0.6 is 11.8 Å². The van der Waals surface area contributed by atoms with E-state index in [1.54, 1.807) is 4.68 Å². The molecule has 8 heteroatoms. The number of nitrogens with zero attached hydrogens (tertiary/aromatic N) is 6. The van der Waals surface area contributed by atoms with E-state index in [4.69, 9.17) is 5.84 Å². The quantitative estimate of drug-likeness (QED) is 0.585. The van der Waals surface area contributed by atoms with Crippen LogP contribution in [-0.4, -0.2) is 29.2 Å². The summed E-state index contributed by atoms with van der Waals surface area (Å²) in [4.78, 5) is 9.02. The van der Waals surface area contributed by atoms with Crippen molar-refractivity contribution in [2.75, 3.05) is 5.84 Å². The van der Waals surface area contributed by atoms with Gasteiger partial charge in [-0.15, -0.1) is 10.2 Å². The molecule has 122 valence electrons. The van der Waals surface area contributed by atoms with Crippen molar-refractivity contribution in [1.29, 1.82) is 0 Å². The van der Waals surface area contributed by atoms with E-state index in [1.165, 1.54) is 11.8 Å². The molecule has 0 atom stereocenters. The van der Waals surface area contributed by atoms with Crippen LogP contribution in [0.4, 0.5) is 0 Å². The van der Waals surface area contributed by atoms with Crippen molar-refractivity contribution in [3.05, 3.63) is 35.2 Å². The molecular weight excluding hydrogens is 310 g/mol. The third-order valence-electron chi connectivity index (χ3n) is 3.50. The van der Waals surface area contributed by atoms with Crippen LogP contribution in [-0.2, 0) is 11.2 Å². The highest BCUT2D eigenvalue weighted by Crippen LogP contribution is 2.25. The number of imidazole rings is 1. The molecule has 7 nitrogen and oxygen atoms in total. The minimum atomic E-state index is -0.137. The van der Waals surface area contributed by atoms with E-state index in [1.807, 2.05) is 30.5 Å². The Labute approximate surface area is 139 Å². The molecule has 0 radical (unpaired) electrons. The minimum absolute atomic E-state index is 0.137. The third-order valence-corrected chi connectivity index (χ3v) is 4.47. The van der Waals surface area contributed by atoms with Crippen molar-refractivity contribution in [2.24, 2.45) is 0 Å². The van der Waals surface area contributed by atoms with Crippen LogP contribution < -0.4 is 5.84 Å². The second-order valence-electron chi connectivity index (χ2n) is 6.66. The van der Waals surface area contributed by atoms with E-state index in [-0.39, 0.29) is 5.41 Å². The van der Waals surface area contributed by atoms with Gasteiger partial charge in [-0.25, -0.2) is 14.6 Å². The molecule has 0 spiro atoms. The van der Waals surface area contributed by atoms with E-state index < -0.39 is 0 Å². The number of rotatable bonds is 3. The monoisotopic (exact) mass is 331 g/mol. The van der Waals surface area contributed by atoms with Crippen LogP contribution in [0.5, 0.6) is 0 Å². The molecule has 0 amide bonds. The number of fused-ring (bicyclic) bond motifs is 1. The highest BCUT2D eigenvalue weighted by molar-refractivity contribution is 7.98. The van der Waals surface area contributed by atoms with Gasteiger partial charge in [0, 0.05) is 28.8 Å². The summed E-state index contributed by atoms with van der Waals surface area (Å²) in [5.41, 5.74) is 2.89. The second-order valence-corrected chi connectivity index (χ2v) is 7.60. The molecule has 3 heterocycles. The number of nitrogens with two attached hydrogens (primary N) is 1. The molecule has 3 aromatic heterocycles. The minimum Gasteiger partial charge on any atom is -0.336 e. The van der Waals surface area contributed by atoms with Crippen molar-refractivity contribution < 1.29 is 0 Å². The normalized spacial score (nSPS) is 12.2. The Balaban J connectivity index is 1.81. The Morgan fingerprint density at radius 2 is 1.91 bits per heavy atom. The summed E-state index contributed by atoms with van der Waals surface area (Å²) in [6.07, 6.45) is 2.01. The molecule has 3 rings (SSSR count). The van der Waals surface area contributed by atoms with Crippen LogP contribution in [0.3, 0.4) is 0 Å². The number of hydrogen-bond donors (Lipinski definition) is 1. The topological polar surface area (TPSA) is 86.9 Å². The molecular formula is C15H21N7S. The third kappa shape index (κ3) is 3.03. The van der Waals surface area contributed by atoms with E-state index in [0.29, 0.717) is 10.9 Å². The molecule has 3 aromatic rings. The summed E-state index contributed by atoms with van der Waals surface area (Å²) in [6.45, 7) is 10.2. The second kappa shape index (κ2) is 5.52. The first-order valence-electron chi connectivity index (χ1n) is 7.41. The highest BCUT2D eigenvalue weighted by Gasteiger charge is 2.23. The lowest BCUT2D eigenvalue weighted by Crippen LogP contribution is -2.24. The fourth-order valence-corrected chi connectivity index (χ4v) is 3.15. The maximum absolute atomic E-state index is 6.11. The van der Waals surface area contributed by atoms with Crippen molar-refractivity contribution in [2.45, 2.75) is 50.9 Å². The lowest BCUT2D eigenvalue weighted by molar-refractivity contribution is 0.523. The van der Waals surface area contributed by atoms with E-state index >= 15 is 0 Å². The average molecular weight is 331 g/mol. The van der Waals surface area contributed by atoms with Crippen LogP contribution in [0.25, 0.3) is 5.78 Å². The maximum Gasteiger partial charge on any atom is 0.234 e. The van der Waals surface area contributed by atoms with Crippen molar-refractivity contribution in [1.82, 2.24) is 29.2 Å². The number of aryl methyl sites for hydroxylation is 2. The molecule has 0 aliphatic heterocycles. The van der Waals surface area contributed by atoms with Gasteiger partial charge in [0.2, 0.25) is 10.9 Å². The summed E-state index contributed by atoms with van der Waals surface area (Å²) >= 11 is 1.52. The molecule has 0 aromatic carbocycles. The first-order chi connectivity index (χ1) is 10.8. The fraction of sp³-hybridized carbons (Fsp3) is 0.467. The van der Waals surface area contributed by atoms with Crippen LogP contribution in [0.1, 0.15) is 43.7 Å². The Kier molecular flexibility index (Phi) is 3.79. The molecule has 0 saturated heterocycles. The van der Waals surface area contributed by atoms with Gasteiger partial charge in [-0.3, -0.25) is 4.40 Å². The van der Waals surface area contributed by atoms with Gasteiger partial charge in [-0.2, -0.15) is 0 Å². The van der Waals surface area contributed by atoms with E-state index in [0.717, 1.165) is 28.7 Å². The van der Waals surface area contributed by atoms with Gasteiger partial charge in [0.1, 0.15) is 0 Å². The maximum atomic E-state index is 6.11. The van der Waals surface area contributed by atoms with Crippen LogP contribution in [0, 0.1) is 13.8 Å². The summed E-state index contributed by atoms with van der Waals surface area (Å²) in [5.74, 6) is 8.27. The largest absolute Gasteiger partial charge is 0.336 e. The summed E-state index contributed by atoms with van der Waals surface area (Å²) in [7, 11) is 0. The Bertz CT molecular complexity index is 857. The summed E-state index contributed by atoms with van der Waals surface area (Å²) < 4.78 is 3.56. The fourth-order valence-electron chi connectivity index (χ4n) is 2.41. The SMILES string of the molecule is Cc1cc(C)n2cc(CSc3nnc(C(C)(C)C)n3N)nc2n1.